The van der Waals surface area contributed by atoms with Crippen LogP contribution in [0.1, 0.15) is 41.5 Å². The highest BCUT2D eigenvalue weighted by Gasteiger charge is 2.60. The summed E-state index contributed by atoms with van der Waals surface area (Å²) in [6.07, 6.45) is -81.6. The minimum atomic E-state index is -2.52. The van der Waals surface area contributed by atoms with E-state index in [-0.39, 0.29) is 0 Å². The maximum Gasteiger partial charge on any atom is 0.217 e. The summed E-state index contributed by atoms with van der Waals surface area (Å²) in [5, 5.41) is 272. The number of ether oxygens (including phenoxy) is 16. The maximum atomic E-state index is 13.3. The van der Waals surface area contributed by atoms with Crippen LogP contribution >= 0.6 is 0 Å². The summed E-state index contributed by atoms with van der Waals surface area (Å²) in [5.41, 5.74) is 0. The fourth-order valence-electron chi connectivity index (χ4n) is 13.5. The lowest BCUT2D eigenvalue weighted by Gasteiger charge is -2.51. The molecule has 0 aromatic carbocycles. The molecule has 0 spiro atoms. The molecule has 0 bridgehead atoms. The molecule has 8 fully saturated rings. The SMILES string of the molecule is CC(=O)N[C@H]1[C@H](O[C@H]2[C@@H](O)[C@@H](CO)O[C@@H](O[C@@H]([C@@H](O)[C@H](O)CO[C@@H]3O[C@H](CO)[C@@H](O[C@@H]4O[C@H](CO)[C@H](O)[C@H](O)[C@H]4O[C@@H]4O[C@@H](C)[C@@H](O)[C@@H](O)[C@@H]4O)[C@H](O[C@@H]4O[C@@H](C)[C@@H](O)[C@@H](O)[C@@H]4O)[C@H]3NC(C)=O)[C@H](CO)NC(C)=O)[C@@H]2O)O[C@H](CO)[C@@H](O[C@@H]2O[C@H](CO)[C@H](O)[C@H](O)[C@H]2O)[C@@H]1O[C@@H]1O[C@@H](C)[C@@H](O)[C@@H](O)[C@@H]1O. The molecule has 0 aliphatic carbocycles. The van der Waals surface area contributed by atoms with Crippen molar-refractivity contribution < 1.29 is 213 Å². The van der Waals surface area contributed by atoms with E-state index in [1.54, 1.807) is 0 Å². The molecule has 8 rings (SSSR count). The Morgan fingerprint density at radius 1 is 0.340 bits per heavy atom. The number of amides is 3. The van der Waals surface area contributed by atoms with Crippen LogP contribution in [-0.4, -0.2) is 456 Å². The zero-order chi connectivity index (χ0) is 78.5. The van der Waals surface area contributed by atoms with Gasteiger partial charge in [0.15, 0.2) is 50.3 Å². The average molecular weight is 1550 g/mol. The van der Waals surface area contributed by atoms with Crippen LogP contribution in [0, 0.1) is 0 Å². The second-order valence-corrected chi connectivity index (χ2v) is 27.1. The molecule has 8 aliphatic heterocycles. The van der Waals surface area contributed by atoms with Crippen molar-refractivity contribution in [1.82, 2.24) is 16.0 Å². The number of carbonyl (C=O) groups excluding carboxylic acids is 3. The van der Waals surface area contributed by atoms with Gasteiger partial charge in [-0.25, -0.2) is 0 Å². The van der Waals surface area contributed by atoms with Gasteiger partial charge in [-0.1, -0.05) is 0 Å². The van der Waals surface area contributed by atoms with Crippen molar-refractivity contribution in [1.29, 1.82) is 0 Å². The number of hydrogen-bond acceptors (Lipinski definition) is 43. The summed E-state index contributed by atoms with van der Waals surface area (Å²) in [6, 6.07) is -5.72. The normalized spacial score (nSPS) is 47.9. The van der Waals surface area contributed by atoms with Crippen LogP contribution in [0.15, 0.2) is 0 Å². The monoisotopic (exact) mass is 1550 g/mol. The van der Waals surface area contributed by atoms with Crippen LogP contribution in [0.3, 0.4) is 0 Å². The smallest absolute Gasteiger partial charge is 0.217 e. The van der Waals surface area contributed by atoms with Gasteiger partial charge in [0.2, 0.25) is 17.7 Å². The van der Waals surface area contributed by atoms with E-state index >= 15 is 0 Å². The topological polar surface area (TPSA) is 721 Å². The van der Waals surface area contributed by atoms with Crippen molar-refractivity contribution in [2.75, 3.05) is 46.2 Å². The van der Waals surface area contributed by atoms with Gasteiger partial charge in [-0.3, -0.25) is 14.4 Å². The fraction of sp³-hybridized carbons (Fsp3) is 0.950. The highest BCUT2D eigenvalue weighted by Crippen LogP contribution is 2.40. The molecular weight excluding hydrogens is 1450 g/mol. The number of nitrogens with one attached hydrogen (secondary N) is 3. The second kappa shape index (κ2) is 38.6. The molecule has 46 nitrogen and oxygen atoms in total. The molecule has 8 saturated heterocycles. The standard InChI is InChI=1S/C60H103N3O43/c1-14-29(74)36(81)41(86)55(92-14)103-49-27(62-18(5)71)53(98-25(11-68)48(49)102-60-52(40(85)34(79)23(9-66)97-60)106-57-43(88)38(83)31(76)16(3)94-57)91-13-21(73)32(77)46(20(7-64)61-17(4)70)100-59-45(90)51(35(80)24(10-67)96-59)105-54-28(63-19(6)72)50(104-56-42(87)37(82)30(75)15(2)93-56)47(26(12-69)99-54)101-58-44(89)39(84)33(78)22(8-65)95-58/h14-16,20-60,64-69,73-90H,7-13H2,1-6H3,(H,61,70)(H,62,71)(H,63,72)/t14-,15-,16-,20-,21+,22+,23+,24+,25+,26+,27+,28+,29+,30+,31+,32-,33-,34-,35-,36+,37+,38+,39-,40-,41-,42-,43-,44+,45+,46+,47+,48+,49+,50+,51-,52+,53+,54-,55-,56-,57-,58-,59-,60-/m0/s1. The van der Waals surface area contributed by atoms with Gasteiger partial charge in [0.1, 0.15) is 195 Å². The van der Waals surface area contributed by atoms with Crippen LogP contribution in [-0.2, 0) is 90.2 Å². The summed E-state index contributed by atoms with van der Waals surface area (Å²) in [4.78, 5) is 39.3. The van der Waals surface area contributed by atoms with Gasteiger partial charge < -0.3 is 214 Å². The lowest BCUT2D eigenvalue weighted by Crippen LogP contribution is -2.71. The quantitative estimate of drug-likeness (QED) is 0.0331. The Morgan fingerprint density at radius 3 is 1.10 bits per heavy atom. The van der Waals surface area contributed by atoms with E-state index in [4.69, 9.17) is 75.8 Å². The third-order valence-electron chi connectivity index (χ3n) is 19.5. The van der Waals surface area contributed by atoms with Gasteiger partial charge >= 0.3 is 0 Å². The molecule has 44 atom stereocenters. The summed E-state index contributed by atoms with van der Waals surface area (Å²) in [5.74, 6) is -2.85. The number of aliphatic hydroxyl groups excluding tert-OH is 24. The molecule has 0 saturated carbocycles. The summed E-state index contributed by atoms with van der Waals surface area (Å²) in [6.45, 7) is -1.31. The van der Waals surface area contributed by atoms with E-state index in [0.717, 1.165) is 20.8 Å². The molecule has 0 aromatic rings. The largest absolute Gasteiger partial charge is 0.394 e. The van der Waals surface area contributed by atoms with E-state index in [0.29, 0.717) is 0 Å². The van der Waals surface area contributed by atoms with Crippen molar-refractivity contribution in [3.63, 3.8) is 0 Å². The molecule has 616 valence electrons. The van der Waals surface area contributed by atoms with Gasteiger partial charge in [0.05, 0.1) is 70.6 Å². The van der Waals surface area contributed by atoms with Crippen LogP contribution in [0.25, 0.3) is 0 Å². The number of carbonyl (C=O) groups is 3. The van der Waals surface area contributed by atoms with Crippen LogP contribution < -0.4 is 16.0 Å². The third-order valence-corrected chi connectivity index (χ3v) is 19.5. The Balaban J connectivity index is 1.09. The van der Waals surface area contributed by atoms with Crippen LogP contribution in [0.2, 0.25) is 0 Å². The Bertz CT molecular complexity index is 2730. The number of aliphatic hydroxyl groups is 24. The lowest BCUT2D eigenvalue weighted by atomic mass is 9.93. The first kappa shape index (κ1) is 88.4. The minimum absolute atomic E-state index is 0.937. The Morgan fingerprint density at radius 2 is 0.679 bits per heavy atom. The zero-order valence-corrected chi connectivity index (χ0v) is 57.8. The predicted molar refractivity (Wildman–Crippen MR) is 330 cm³/mol. The van der Waals surface area contributed by atoms with Crippen molar-refractivity contribution in [3.8, 4) is 0 Å². The predicted octanol–water partition coefficient (Wildman–Crippen LogP) is -17.5. The third kappa shape index (κ3) is 19.7. The molecule has 3 amide bonds. The Labute approximate surface area is 602 Å². The Hall–Kier alpha value is -3.19. The van der Waals surface area contributed by atoms with Gasteiger partial charge in [-0.15, -0.1) is 0 Å². The van der Waals surface area contributed by atoms with E-state index in [1.807, 2.05) is 0 Å². The molecule has 0 radical (unpaired) electrons. The van der Waals surface area contributed by atoms with Crippen LogP contribution in [0.5, 0.6) is 0 Å². The summed E-state index contributed by atoms with van der Waals surface area (Å²) < 4.78 is 95.3. The molecule has 0 aromatic heterocycles. The first-order valence-electron chi connectivity index (χ1n) is 34.1. The highest BCUT2D eigenvalue weighted by molar-refractivity contribution is 5.74. The average Bonchev–Trinajstić information content (AvgIpc) is 0.772. The minimum Gasteiger partial charge on any atom is -0.394 e. The van der Waals surface area contributed by atoms with Gasteiger partial charge in [0, 0.05) is 20.8 Å². The van der Waals surface area contributed by atoms with E-state index in [1.165, 1.54) is 20.8 Å². The fourth-order valence-corrected chi connectivity index (χ4v) is 13.5. The van der Waals surface area contributed by atoms with E-state index in [2.05, 4.69) is 16.0 Å². The zero-order valence-electron chi connectivity index (χ0n) is 57.8. The molecule has 8 heterocycles. The first-order chi connectivity index (χ1) is 50.0. The van der Waals surface area contributed by atoms with Crippen molar-refractivity contribution in [2.45, 2.75) is 311 Å². The van der Waals surface area contributed by atoms with E-state index < -0.39 is 334 Å². The van der Waals surface area contributed by atoms with Crippen molar-refractivity contribution in [2.24, 2.45) is 0 Å². The molecule has 106 heavy (non-hydrogen) atoms. The van der Waals surface area contributed by atoms with Gasteiger partial charge in [-0.2, -0.15) is 0 Å². The maximum absolute atomic E-state index is 13.3. The summed E-state index contributed by atoms with van der Waals surface area (Å²) >= 11 is 0. The van der Waals surface area contributed by atoms with E-state index in [9.17, 15) is 137 Å². The molecule has 8 aliphatic rings. The van der Waals surface area contributed by atoms with Crippen molar-refractivity contribution >= 4 is 17.7 Å². The highest BCUT2D eigenvalue weighted by atomic mass is 16.8. The van der Waals surface area contributed by atoms with Crippen LogP contribution in [0.4, 0.5) is 0 Å². The van der Waals surface area contributed by atoms with Gasteiger partial charge in [0.25, 0.3) is 0 Å². The molecule has 27 N–H and O–H groups in total. The Kier molecular flexibility index (Phi) is 32.1. The molecule has 0 unspecified atom stereocenters. The molecule has 46 heteroatoms. The summed E-state index contributed by atoms with van der Waals surface area (Å²) in [7, 11) is 0. The molecular formula is C60H103N3O43. The first-order valence-corrected chi connectivity index (χ1v) is 34.1. The number of hydrogen-bond donors (Lipinski definition) is 27. The number of rotatable bonds is 29. The lowest BCUT2D eigenvalue weighted by molar-refractivity contribution is -0.393. The van der Waals surface area contributed by atoms with Crippen molar-refractivity contribution in [3.05, 3.63) is 0 Å². The van der Waals surface area contributed by atoms with Gasteiger partial charge in [-0.05, 0) is 20.8 Å². The second-order valence-electron chi connectivity index (χ2n) is 27.1.